The summed E-state index contributed by atoms with van der Waals surface area (Å²) in [7, 11) is 0. The Morgan fingerprint density at radius 2 is 1.44 bits per heavy atom. The Kier molecular flexibility index (Phi) is 3.75. The molecule has 96 valence electrons. The molecule has 0 bridgehead atoms. The van der Waals surface area contributed by atoms with E-state index in [0.29, 0.717) is 0 Å². The van der Waals surface area contributed by atoms with Crippen LogP contribution >= 0.6 is 0 Å². The minimum absolute atomic E-state index is 0.0375. The SMILES string of the molecule is O=C(O)c1ccc(/C(O)=C/C(=O)C(F)(F)F)cc1. The van der Waals surface area contributed by atoms with Crippen molar-refractivity contribution in [2.45, 2.75) is 6.18 Å². The van der Waals surface area contributed by atoms with E-state index in [0.717, 1.165) is 24.3 Å². The summed E-state index contributed by atoms with van der Waals surface area (Å²) in [4.78, 5) is 21.1. The van der Waals surface area contributed by atoms with Gasteiger partial charge >= 0.3 is 12.1 Å². The molecule has 0 aromatic heterocycles. The summed E-state index contributed by atoms with van der Waals surface area (Å²) in [5.41, 5.74) is -0.175. The summed E-state index contributed by atoms with van der Waals surface area (Å²) in [6, 6.07) is 4.39. The zero-order valence-electron chi connectivity index (χ0n) is 8.73. The molecule has 0 radical (unpaired) electrons. The number of hydrogen-bond donors (Lipinski definition) is 2. The van der Waals surface area contributed by atoms with Gasteiger partial charge in [0.15, 0.2) is 0 Å². The number of carbonyl (C=O) groups excluding carboxylic acids is 1. The first kappa shape index (κ1) is 13.8. The molecule has 0 saturated heterocycles. The number of carboxylic acids is 1. The van der Waals surface area contributed by atoms with Crippen LogP contribution in [0.15, 0.2) is 30.3 Å². The molecule has 0 fully saturated rings. The van der Waals surface area contributed by atoms with Crippen molar-refractivity contribution in [3.63, 3.8) is 0 Å². The van der Waals surface area contributed by atoms with E-state index in [4.69, 9.17) is 5.11 Å². The van der Waals surface area contributed by atoms with E-state index >= 15 is 0 Å². The van der Waals surface area contributed by atoms with Crippen molar-refractivity contribution in [2.24, 2.45) is 0 Å². The molecule has 0 unspecified atom stereocenters. The lowest BCUT2D eigenvalue weighted by Crippen LogP contribution is -2.20. The van der Waals surface area contributed by atoms with Gasteiger partial charge in [-0.2, -0.15) is 13.2 Å². The third-order valence-electron chi connectivity index (χ3n) is 1.97. The zero-order chi connectivity index (χ0) is 13.9. The first-order valence-corrected chi connectivity index (χ1v) is 4.57. The molecule has 2 N–H and O–H groups in total. The second-order valence-electron chi connectivity index (χ2n) is 3.27. The monoisotopic (exact) mass is 260 g/mol. The molecule has 0 atom stereocenters. The average Bonchev–Trinajstić information content (AvgIpc) is 2.27. The summed E-state index contributed by atoms with van der Waals surface area (Å²) in [5.74, 6) is -4.28. The highest BCUT2D eigenvalue weighted by molar-refractivity contribution is 5.99. The number of carbonyl (C=O) groups is 2. The Bertz CT molecular complexity index is 500. The standard InChI is InChI=1S/C11H7F3O4/c12-11(13,14)9(16)5-8(15)6-1-3-7(4-2-6)10(17)18/h1-5,15H,(H,17,18)/b8-5-. The van der Waals surface area contributed by atoms with Crippen molar-refractivity contribution < 1.29 is 33.0 Å². The minimum Gasteiger partial charge on any atom is -0.507 e. The maximum Gasteiger partial charge on any atom is 0.454 e. The predicted molar refractivity (Wildman–Crippen MR) is 55.1 cm³/mol. The van der Waals surface area contributed by atoms with Crippen LogP contribution in [0.2, 0.25) is 0 Å². The number of ketones is 1. The molecule has 0 aliphatic heterocycles. The molecule has 1 aromatic carbocycles. The van der Waals surface area contributed by atoms with Crippen molar-refractivity contribution in [3.8, 4) is 0 Å². The quantitative estimate of drug-likeness (QED) is 0.646. The Morgan fingerprint density at radius 1 is 1.00 bits per heavy atom. The molecule has 0 spiro atoms. The molecule has 0 aliphatic carbocycles. The molecule has 18 heavy (non-hydrogen) atoms. The minimum atomic E-state index is -5.06. The number of aliphatic hydroxyl groups is 1. The Labute approximate surface area is 99.0 Å². The van der Waals surface area contributed by atoms with Crippen LogP contribution < -0.4 is 0 Å². The topological polar surface area (TPSA) is 74.6 Å². The van der Waals surface area contributed by atoms with Gasteiger partial charge < -0.3 is 10.2 Å². The lowest BCUT2D eigenvalue weighted by Gasteiger charge is -2.03. The van der Waals surface area contributed by atoms with Gasteiger partial charge in [-0.15, -0.1) is 0 Å². The van der Waals surface area contributed by atoms with E-state index in [9.17, 15) is 27.9 Å². The zero-order valence-corrected chi connectivity index (χ0v) is 8.73. The summed E-state index contributed by atoms with van der Waals surface area (Å²) in [6.07, 6.45) is -5.02. The van der Waals surface area contributed by atoms with Gasteiger partial charge in [-0.25, -0.2) is 4.79 Å². The molecule has 0 aliphatic rings. The van der Waals surface area contributed by atoms with Gasteiger partial charge in [0.1, 0.15) is 5.76 Å². The van der Waals surface area contributed by atoms with Crippen molar-refractivity contribution in [2.75, 3.05) is 0 Å². The van der Waals surface area contributed by atoms with E-state index < -0.39 is 23.7 Å². The van der Waals surface area contributed by atoms with E-state index in [1.165, 1.54) is 0 Å². The fourth-order valence-electron chi connectivity index (χ4n) is 1.07. The second-order valence-corrected chi connectivity index (χ2v) is 3.27. The van der Waals surface area contributed by atoms with E-state index in [-0.39, 0.29) is 17.2 Å². The van der Waals surface area contributed by atoms with Gasteiger partial charge in [-0.1, -0.05) is 12.1 Å². The summed E-state index contributed by atoms with van der Waals surface area (Å²) < 4.78 is 35.7. The van der Waals surface area contributed by atoms with Gasteiger partial charge in [-0.05, 0) is 12.1 Å². The fraction of sp³-hybridized carbons (Fsp3) is 0.0909. The lowest BCUT2D eigenvalue weighted by molar-refractivity contribution is -0.165. The molecule has 1 aromatic rings. The first-order chi connectivity index (χ1) is 8.21. The number of benzene rings is 1. The maximum absolute atomic E-state index is 11.9. The average molecular weight is 260 g/mol. The lowest BCUT2D eigenvalue weighted by atomic mass is 10.1. The van der Waals surface area contributed by atoms with Crippen LogP contribution in [0.1, 0.15) is 15.9 Å². The third kappa shape index (κ3) is 3.34. The number of carboxylic acid groups (broad SMARTS) is 1. The number of alkyl halides is 3. The number of hydrogen-bond acceptors (Lipinski definition) is 3. The van der Waals surface area contributed by atoms with Crippen LogP contribution in [0.4, 0.5) is 13.2 Å². The molecule has 0 amide bonds. The summed E-state index contributed by atoms with van der Waals surface area (Å²) in [5, 5.41) is 17.9. The van der Waals surface area contributed by atoms with Gasteiger partial charge in [0.25, 0.3) is 5.78 Å². The van der Waals surface area contributed by atoms with E-state index in [2.05, 4.69) is 0 Å². The molecule has 0 saturated carbocycles. The molecular formula is C11H7F3O4. The highest BCUT2D eigenvalue weighted by Gasteiger charge is 2.36. The van der Waals surface area contributed by atoms with Crippen molar-refractivity contribution >= 4 is 17.5 Å². The van der Waals surface area contributed by atoms with Crippen LogP contribution in [-0.2, 0) is 4.79 Å². The van der Waals surface area contributed by atoms with Gasteiger partial charge in [-0.3, -0.25) is 4.79 Å². The molecule has 1 rings (SSSR count). The van der Waals surface area contributed by atoms with Crippen LogP contribution in [0.25, 0.3) is 5.76 Å². The fourth-order valence-corrected chi connectivity index (χ4v) is 1.07. The predicted octanol–water partition coefficient (Wildman–Crippen LogP) is 2.42. The Morgan fingerprint density at radius 3 is 1.83 bits per heavy atom. The maximum atomic E-state index is 11.9. The Hall–Kier alpha value is -2.31. The smallest absolute Gasteiger partial charge is 0.454 e. The molecule has 4 nitrogen and oxygen atoms in total. The van der Waals surface area contributed by atoms with Crippen LogP contribution in [0, 0.1) is 0 Å². The number of rotatable bonds is 3. The van der Waals surface area contributed by atoms with Gasteiger partial charge in [0.05, 0.1) is 5.56 Å². The molecule has 0 heterocycles. The molecular weight excluding hydrogens is 253 g/mol. The highest BCUT2D eigenvalue weighted by atomic mass is 19.4. The Balaban J connectivity index is 2.98. The number of aliphatic hydroxyl groups excluding tert-OH is 1. The van der Waals surface area contributed by atoms with Crippen LogP contribution in [-0.4, -0.2) is 28.1 Å². The summed E-state index contributed by atoms with van der Waals surface area (Å²) in [6.45, 7) is 0. The second kappa shape index (κ2) is 4.91. The van der Waals surface area contributed by atoms with Crippen molar-refractivity contribution in [1.82, 2.24) is 0 Å². The van der Waals surface area contributed by atoms with E-state index in [1.807, 2.05) is 0 Å². The number of aromatic carboxylic acids is 1. The third-order valence-corrected chi connectivity index (χ3v) is 1.97. The number of halogens is 3. The first-order valence-electron chi connectivity index (χ1n) is 4.57. The van der Waals surface area contributed by atoms with Crippen LogP contribution in [0.3, 0.4) is 0 Å². The van der Waals surface area contributed by atoms with Crippen LogP contribution in [0.5, 0.6) is 0 Å². The largest absolute Gasteiger partial charge is 0.507 e. The van der Waals surface area contributed by atoms with E-state index in [1.54, 1.807) is 0 Å². The van der Waals surface area contributed by atoms with Crippen molar-refractivity contribution in [1.29, 1.82) is 0 Å². The van der Waals surface area contributed by atoms with Crippen molar-refractivity contribution in [3.05, 3.63) is 41.5 Å². The summed E-state index contributed by atoms with van der Waals surface area (Å²) >= 11 is 0. The van der Waals surface area contributed by atoms with Gasteiger partial charge in [0.2, 0.25) is 0 Å². The normalized spacial score (nSPS) is 12.3. The highest BCUT2D eigenvalue weighted by Crippen LogP contribution is 2.20. The number of allylic oxidation sites excluding steroid dienone is 1. The molecule has 7 heteroatoms. The van der Waals surface area contributed by atoms with Gasteiger partial charge in [0, 0.05) is 11.6 Å².